The van der Waals surface area contributed by atoms with E-state index >= 15 is 0 Å². The molecule has 2 aliphatic carbocycles. The highest BCUT2D eigenvalue weighted by atomic mass is 16.3. The topological polar surface area (TPSA) is 56.0 Å². The number of aliphatic hydroxyl groups is 1. The number of anilines is 1. The fourth-order valence-corrected chi connectivity index (χ4v) is 3.96. The lowest BCUT2D eigenvalue weighted by Gasteiger charge is -2.49. The third kappa shape index (κ3) is 2.41. The fraction of sp³-hybridized carbons (Fsp3) is 0.588. The van der Waals surface area contributed by atoms with Gasteiger partial charge in [0.25, 0.3) is 0 Å². The van der Waals surface area contributed by atoms with Crippen LogP contribution >= 0.6 is 0 Å². The largest absolute Gasteiger partial charge is 0.387 e. The maximum atomic E-state index is 11.1. The van der Waals surface area contributed by atoms with Gasteiger partial charge >= 0.3 is 0 Å². The molecule has 3 nitrogen and oxygen atoms in total. The van der Waals surface area contributed by atoms with Gasteiger partial charge in [0.15, 0.2) is 0 Å². The molecule has 0 radical (unpaired) electrons. The molecule has 0 saturated heterocycles. The summed E-state index contributed by atoms with van der Waals surface area (Å²) in [7, 11) is 0. The van der Waals surface area contributed by atoms with Crippen molar-refractivity contribution < 1.29 is 5.11 Å². The van der Waals surface area contributed by atoms with E-state index in [0.29, 0.717) is 11.5 Å². The number of hydrogen-bond donors (Lipinski definition) is 2. The molecule has 3 atom stereocenters. The number of nitriles is 1. The van der Waals surface area contributed by atoms with Crippen LogP contribution in [-0.2, 0) is 0 Å². The van der Waals surface area contributed by atoms with Crippen molar-refractivity contribution in [2.45, 2.75) is 56.6 Å². The lowest BCUT2D eigenvalue weighted by atomic mass is 9.65. The SMILES string of the molecule is N#Cc1ccc(NC2CCCC3CCCCC32O)cc1. The van der Waals surface area contributed by atoms with Gasteiger partial charge in [-0.05, 0) is 55.9 Å². The van der Waals surface area contributed by atoms with Crippen LogP contribution in [0.15, 0.2) is 24.3 Å². The minimum absolute atomic E-state index is 0.148. The molecular weight excluding hydrogens is 248 g/mol. The Kier molecular flexibility index (Phi) is 3.67. The standard InChI is InChI=1S/C17H22N2O/c18-12-13-7-9-15(10-8-13)19-16-6-3-5-14-4-1-2-11-17(14,16)20/h7-10,14,16,19-20H,1-6,11H2. The molecule has 2 aliphatic rings. The van der Waals surface area contributed by atoms with Crippen LogP contribution in [0.3, 0.4) is 0 Å². The van der Waals surface area contributed by atoms with Crippen LogP contribution in [0.4, 0.5) is 5.69 Å². The van der Waals surface area contributed by atoms with Crippen molar-refractivity contribution in [3.63, 3.8) is 0 Å². The minimum Gasteiger partial charge on any atom is -0.387 e. The summed E-state index contributed by atoms with van der Waals surface area (Å²) in [6.07, 6.45) is 7.89. The Morgan fingerprint density at radius 2 is 1.85 bits per heavy atom. The van der Waals surface area contributed by atoms with Gasteiger partial charge in [0.1, 0.15) is 0 Å². The number of rotatable bonds is 2. The quantitative estimate of drug-likeness (QED) is 0.865. The van der Waals surface area contributed by atoms with E-state index < -0.39 is 5.60 Å². The molecule has 1 aromatic carbocycles. The van der Waals surface area contributed by atoms with Gasteiger partial charge in [0.2, 0.25) is 0 Å². The summed E-state index contributed by atoms with van der Waals surface area (Å²) >= 11 is 0. The van der Waals surface area contributed by atoms with E-state index in [2.05, 4.69) is 11.4 Å². The zero-order valence-corrected chi connectivity index (χ0v) is 11.8. The molecule has 2 fully saturated rings. The molecule has 3 unspecified atom stereocenters. The van der Waals surface area contributed by atoms with Crippen LogP contribution in [0, 0.1) is 17.2 Å². The minimum atomic E-state index is -0.537. The highest BCUT2D eigenvalue weighted by Crippen LogP contribution is 2.44. The highest BCUT2D eigenvalue weighted by molar-refractivity contribution is 5.48. The Labute approximate surface area is 120 Å². The molecule has 0 aromatic heterocycles. The summed E-state index contributed by atoms with van der Waals surface area (Å²) in [5.74, 6) is 0.459. The second-order valence-electron chi connectivity index (χ2n) is 6.25. The molecule has 0 spiro atoms. The molecular formula is C17H22N2O. The van der Waals surface area contributed by atoms with Crippen molar-refractivity contribution in [2.75, 3.05) is 5.32 Å². The van der Waals surface area contributed by atoms with Crippen molar-refractivity contribution >= 4 is 5.69 Å². The van der Waals surface area contributed by atoms with Gasteiger partial charge in [-0.2, -0.15) is 5.26 Å². The van der Waals surface area contributed by atoms with E-state index in [9.17, 15) is 5.11 Å². The molecule has 3 heteroatoms. The first-order valence-electron chi connectivity index (χ1n) is 7.71. The maximum absolute atomic E-state index is 11.1. The van der Waals surface area contributed by atoms with Crippen LogP contribution < -0.4 is 5.32 Å². The molecule has 106 valence electrons. The molecule has 20 heavy (non-hydrogen) atoms. The second kappa shape index (κ2) is 5.46. The number of fused-ring (bicyclic) bond motifs is 1. The molecule has 0 bridgehead atoms. The number of nitrogens with one attached hydrogen (secondary N) is 1. The Balaban J connectivity index is 1.76. The Morgan fingerprint density at radius 3 is 2.60 bits per heavy atom. The molecule has 2 saturated carbocycles. The van der Waals surface area contributed by atoms with E-state index in [1.807, 2.05) is 24.3 Å². The van der Waals surface area contributed by atoms with E-state index in [1.54, 1.807) is 0 Å². The smallest absolute Gasteiger partial charge is 0.0991 e. The van der Waals surface area contributed by atoms with Crippen LogP contribution in [-0.4, -0.2) is 16.7 Å². The predicted molar refractivity (Wildman–Crippen MR) is 79.3 cm³/mol. The summed E-state index contributed by atoms with van der Waals surface area (Å²) in [6, 6.07) is 9.81. The van der Waals surface area contributed by atoms with Crippen LogP contribution in [0.25, 0.3) is 0 Å². The normalized spacial score (nSPS) is 33.0. The van der Waals surface area contributed by atoms with E-state index in [1.165, 1.54) is 25.7 Å². The molecule has 0 amide bonds. The van der Waals surface area contributed by atoms with Crippen molar-refractivity contribution in [1.82, 2.24) is 0 Å². The zero-order chi connectivity index (χ0) is 14.0. The summed E-state index contributed by atoms with van der Waals surface area (Å²) in [4.78, 5) is 0. The van der Waals surface area contributed by atoms with Gasteiger partial charge in [-0.1, -0.05) is 19.3 Å². The van der Waals surface area contributed by atoms with Crippen LogP contribution in [0.1, 0.15) is 50.5 Å². The van der Waals surface area contributed by atoms with Gasteiger partial charge in [-0.15, -0.1) is 0 Å². The number of nitrogens with zero attached hydrogens (tertiary/aromatic N) is 1. The maximum Gasteiger partial charge on any atom is 0.0991 e. The van der Waals surface area contributed by atoms with Crippen LogP contribution in [0.5, 0.6) is 0 Å². The third-order valence-corrected chi connectivity index (χ3v) is 5.09. The average Bonchev–Trinajstić information content (AvgIpc) is 2.49. The monoisotopic (exact) mass is 270 g/mol. The second-order valence-corrected chi connectivity index (χ2v) is 6.25. The Morgan fingerprint density at radius 1 is 1.10 bits per heavy atom. The van der Waals surface area contributed by atoms with Crippen molar-refractivity contribution in [3.8, 4) is 6.07 Å². The molecule has 3 rings (SSSR count). The molecule has 0 aliphatic heterocycles. The highest BCUT2D eigenvalue weighted by Gasteiger charge is 2.47. The Bertz CT molecular complexity index is 503. The van der Waals surface area contributed by atoms with Crippen molar-refractivity contribution in [1.29, 1.82) is 5.26 Å². The fourth-order valence-electron chi connectivity index (χ4n) is 3.96. The third-order valence-electron chi connectivity index (χ3n) is 5.09. The first kappa shape index (κ1) is 13.5. The van der Waals surface area contributed by atoms with E-state index in [-0.39, 0.29) is 6.04 Å². The molecule has 2 N–H and O–H groups in total. The predicted octanol–water partition coefficient (Wildman–Crippen LogP) is 3.44. The van der Waals surface area contributed by atoms with Crippen LogP contribution in [0.2, 0.25) is 0 Å². The summed E-state index contributed by atoms with van der Waals surface area (Å²) < 4.78 is 0. The number of hydrogen-bond acceptors (Lipinski definition) is 3. The van der Waals surface area contributed by atoms with Gasteiger partial charge in [-0.3, -0.25) is 0 Å². The van der Waals surface area contributed by atoms with E-state index in [4.69, 9.17) is 5.26 Å². The van der Waals surface area contributed by atoms with Gasteiger partial charge in [-0.25, -0.2) is 0 Å². The van der Waals surface area contributed by atoms with Crippen molar-refractivity contribution in [2.24, 2.45) is 5.92 Å². The van der Waals surface area contributed by atoms with Gasteiger partial charge in [0, 0.05) is 5.69 Å². The van der Waals surface area contributed by atoms with E-state index in [0.717, 1.165) is 24.9 Å². The lowest BCUT2D eigenvalue weighted by Crippen LogP contribution is -2.56. The average molecular weight is 270 g/mol. The Hall–Kier alpha value is -1.53. The number of benzene rings is 1. The van der Waals surface area contributed by atoms with Gasteiger partial charge < -0.3 is 10.4 Å². The molecule has 1 aromatic rings. The summed E-state index contributed by atoms with van der Waals surface area (Å²) in [6.45, 7) is 0. The first-order chi connectivity index (χ1) is 9.72. The van der Waals surface area contributed by atoms with Crippen molar-refractivity contribution in [3.05, 3.63) is 29.8 Å². The molecule has 0 heterocycles. The summed E-state index contributed by atoms with van der Waals surface area (Å²) in [5, 5.41) is 23.4. The summed E-state index contributed by atoms with van der Waals surface area (Å²) in [5.41, 5.74) is 1.15. The lowest BCUT2D eigenvalue weighted by molar-refractivity contribution is -0.0835. The first-order valence-corrected chi connectivity index (χ1v) is 7.71. The van der Waals surface area contributed by atoms with Gasteiger partial charge in [0.05, 0.1) is 23.3 Å². The zero-order valence-electron chi connectivity index (χ0n) is 11.8.